The maximum atomic E-state index is 13.2. The number of hydrogen-bond donors (Lipinski definition) is 0. The minimum atomic E-state index is -0.710. The van der Waals surface area contributed by atoms with Gasteiger partial charge < -0.3 is 9.64 Å². The molecule has 0 N–H and O–H groups in total. The summed E-state index contributed by atoms with van der Waals surface area (Å²) in [5.74, 6) is -0.300. The van der Waals surface area contributed by atoms with Gasteiger partial charge in [-0.1, -0.05) is 48.5 Å². The summed E-state index contributed by atoms with van der Waals surface area (Å²) in [6, 6.07) is 21.3. The van der Waals surface area contributed by atoms with Gasteiger partial charge in [0.25, 0.3) is 5.91 Å². The largest absolute Gasteiger partial charge is 0.449 e. The molecule has 0 aliphatic carbocycles. The van der Waals surface area contributed by atoms with E-state index in [0.29, 0.717) is 24.2 Å². The third-order valence-corrected chi connectivity index (χ3v) is 5.66. The van der Waals surface area contributed by atoms with Gasteiger partial charge in [0.1, 0.15) is 0 Å². The molecule has 1 saturated heterocycles. The molecule has 1 amide bonds. The van der Waals surface area contributed by atoms with Gasteiger partial charge in [0, 0.05) is 17.7 Å². The highest BCUT2D eigenvalue weighted by molar-refractivity contribution is 5.99. The number of likely N-dealkylation sites (tertiary alicyclic amines) is 1. The van der Waals surface area contributed by atoms with Crippen LogP contribution in [0.1, 0.15) is 39.1 Å². The van der Waals surface area contributed by atoms with E-state index in [4.69, 9.17) is 4.74 Å². The van der Waals surface area contributed by atoms with Crippen molar-refractivity contribution < 1.29 is 14.3 Å². The zero-order chi connectivity index (χ0) is 18.4. The van der Waals surface area contributed by atoms with Gasteiger partial charge in [0.05, 0.1) is 12.1 Å². The van der Waals surface area contributed by atoms with Crippen molar-refractivity contribution in [3.8, 4) is 0 Å². The van der Waals surface area contributed by atoms with Crippen LogP contribution in [0.25, 0.3) is 10.8 Å². The van der Waals surface area contributed by atoms with Crippen LogP contribution < -0.4 is 0 Å². The second-order valence-corrected chi connectivity index (χ2v) is 7.32. The molecule has 0 saturated carbocycles. The minimum Gasteiger partial charge on any atom is -0.449 e. The summed E-state index contributed by atoms with van der Waals surface area (Å²) in [6.07, 6.45) is 1.55. The predicted octanol–water partition coefficient (Wildman–Crippen LogP) is 4.14. The van der Waals surface area contributed by atoms with Crippen molar-refractivity contribution in [2.45, 2.75) is 18.4 Å². The van der Waals surface area contributed by atoms with Crippen molar-refractivity contribution in [2.24, 2.45) is 0 Å². The molecule has 2 aliphatic rings. The molecule has 0 radical (unpaired) electrons. The molecule has 1 atom stereocenters. The maximum Gasteiger partial charge on any atom is 0.339 e. The number of rotatable bonds is 1. The van der Waals surface area contributed by atoms with E-state index in [2.05, 4.69) is 0 Å². The van der Waals surface area contributed by atoms with Crippen LogP contribution in [0.3, 0.4) is 0 Å². The molecule has 2 aliphatic heterocycles. The number of nitrogens with zero attached hydrogens (tertiary/aromatic N) is 1. The Morgan fingerprint density at radius 3 is 2.63 bits per heavy atom. The van der Waals surface area contributed by atoms with Crippen molar-refractivity contribution in [1.29, 1.82) is 0 Å². The third kappa shape index (κ3) is 2.52. The van der Waals surface area contributed by atoms with Gasteiger partial charge in [-0.15, -0.1) is 0 Å². The lowest BCUT2D eigenvalue weighted by Gasteiger charge is -2.39. The van der Waals surface area contributed by atoms with Crippen LogP contribution in [0.5, 0.6) is 0 Å². The number of carbonyl (C=O) groups excluding carboxylic acids is 2. The van der Waals surface area contributed by atoms with E-state index in [9.17, 15) is 9.59 Å². The maximum absolute atomic E-state index is 13.2. The molecule has 2 heterocycles. The Labute approximate surface area is 157 Å². The fourth-order valence-electron chi connectivity index (χ4n) is 4.35. The van der Waals surface area contributed by atoms with Gasteiger partial charge in [-0.2, -0.15) is 0 Å². The molecule has 0 aromatic heterocycles. The topological polar surface area (TPSA) is 46.6 Å². The molecule has 3 aromatic carbocycles. The summed E-state index contributed by atoms with van der Waals surface area (Å²) in [7, 11) is 0. The number of carbonyl (C=O) groups is 2. The number of piperidine rings is 1. The molecule has 3 aromatic rings. The van der Waals surface area contributed by atoms with Crippen LogP contribution in [0.15, 0.2) is 66.7 Å². The van der Waals surface area contributed by atoms with E-state index in [1.165, 1.54) is 0 Å². The van der Waals surface area contributed by atoms with E-state index in [1.54, 1.807) is 6.07 Å². The molecule has 1 spiro atoms. The van der Waals surface area contributed by atoms with Crippen molar-refractivity contribution >= 4 is 22.6 Å². The molecule has 5 rings (SSSR count). The molecule has 4 nitrogen and oxygen atoms in total. The van der Waals surface area contributed by atoms with E-state index in [0.717, 1.165) is 29.2 Å². The summed E-state index contributed by atoms with van der Waals surface area (Å²) in [5.41, 5.74) is 1.49. The Bertz CT molecular complexity index is 1070. The Morgan fingerprint density at radius 2 is 1.74 bits per heavy atom. The summed E-state index contributed by atoms with van der Waals surface area (Å²) in [4.78, 5) is 27.3. The second kappa shape index (κ2) is 5.95. The molecule has 0 bridgehead atoms. The van der Waals surface area contributed by atoms with E-state index >= 15 is 0 Å². The zero-order valence-corrected chi connectivity index (χ0v) is 14.9. The van der Waals surface area contributed by atoms with Crippen LogP contribution in [-0.2, 0) is 10.3 Å². The first kappa shape index (κ1) is 16.1. The molecular formula is C23H19NO3. The van der Waals surface area contributed by atoms with Crippen LogP contribution in [-0.4, -0.2) is 29.9 Å². The number of esters is 1. The van der Waals surface area contributed by atoms with Crippen LogP contribution in [0, 0.1) is 0 Å². The first-order valence-corrected chi connectivity index (χ1v) is 9.27. The van der Waals surface area contributed by atoms with E-state index in [1.807, 2.05) is 65.6 Å². The highest BCUT2D eigenvalue weighted by Gasteiger charge is 2.48. The fourth-order valence-corrected chi connectivity index (χ4v) is 4.35. The van der Waals surface area contributed by atoms with Gasteiger partial charge in [0.2, 0.25) is 0 Å². The quantitative estimate of drug-likeness (QED) is 0.615. The Balaban J connectivity index is 1.47. The highest BCUT2D eigenvalue weighted by Crippen LogP contribution is 2.43. The average Bonchev–Trinajstić information content (AvgIpc) is 2.98. The summed E-state index contributed by atoms with van der Waals surface area (Å²) < 4.78 is 5.81. The number of benzene rings is 3. The normalized spacial score (nSPS) is 21.3. The van der Waals surface area contributed by atoms with Crippen molar-refractivity contribution in [2.75, 3.05) is 13.1 Å². The van der Waals surface area contributed by atoms with Crippen LogP contribution in [0.4, 0.5) is 0 Å². The number of ether oxygens (including phenoxy) is 1. The van der Waals surface area contributed by atoms with Gasteiger partial charge >= 0.3 is 5.97 Å². The monoisotopic (exact) mass is 357 g/mol. The smallest absolute Gasteiger partial charge is 0.339 e. The number of amides is 1. The van der Waals surface area contributed by atoms with Gasteiger partial charge in [-0.25, -0.2) is 4.79 Å². The summed E-state index contributed by atoms with van der Waals surface area (Å²) in [6.45, 7) is 1.08. The fraction of sp³-hybridized carbons (Fsp3) is 0.217. The SMILES string of the molecule is O=C1OC2(CCCN(C(=O)c3ccc4ccccc4c3)C2)c2ccccc21. The Morgan fingerprint density at radius 1 is 0.963 bits per heavy atom. The number of hydrogen-bond acceptors (Lipinski definition) is 3. The lowest BCUT2D eigenvalue weighted by molar-refractivity contribution is -0.0442. The van der Waals surface area contributed by atoms with Crippen LogP contribution >= 0.6 is 0 Å². The summed E-state index contributed by atoms with van der Waals surface area (Å²) in [5, 5.41) is 2.16. The minimum absolute atomic E-state index is 0.0136. The average molecular weight is 357 g/mol. The standard InChI is InChI=1S/C23H19NO3/c25-21(18-11-10-16-6-1-2-7-17(16)14-18)24-13-5-12-23(15-24)20-9-4-3-8-19(20)22(26)27-23/h1-4,6-11,14H,5,12-13,15H2. The first-order valence-electron chi connectivity index (χ1n) is 9.27. The Hall–Kier alpha value is -3.14. The molecule has 1 fully saturated rings. The van der Waals surface area contributed by atoms with Gasteiger partial charge in [0.15, 0.2) is 5.60 Å². The predicted molar refractivity (Wildman–Crippen MR) is 103 cm³/mol. The third-order valence-electron chi connectivity index (χ3n) is 5.66. The van der Waals surface area contributed by atoms with Crippen LogP contribution in [0.2, 0.25) is 0 Å². The lowest BCUT2D eigenvalue weighted by atomic mass is 9.85. The molecule has 1 unspecified atom stereocenters. The van der Waals surface area contributed by atoms with Crippen molar-refractivity contribution in [3.63, 3.8) is 0 Å². The molecular weight excluding hydrogens is 338 g/mol. The molecule has 27 heavy (non-hydrogen) atoms. The van der Waals surface area contributed by atoms with Crippen molar-refractivity contribution in [3.05, 3.63) is 83.4 Å². The number of fused-ring (bicyclic) bond motifs is 3. The van der Waals surface area contributed by atoms with Gasteiger partial charge in [-0.3, -0.25) is 4.79 Å². The highest BCUT2D eigenvalue weighted by atomic mass is 16.6. The lowest BCUT2D eigenvalue weighted by Crippen LogP contribution is -2.48. The Kier molecular flexibility index (Phi) is 3.54. The summed E-state index contributed by atoms with van der Waals surface area (Å²) >= 11 is 0. The molecule has 4 heteroatoms. The molecule has 134 valence electrons. The second-order valence-electron chi connectivity index (χ2n) is 7.32. The van der Waals surface area contributed by atoms with Crippen molar-refractivity contribution in [1.82, 2.24) is 4.90 Å². The first-order chi connectivity index (χ1) is 13.2. The van der Waals surface area contributed by atoms with E-state index in [-0.39, 0.29) is 11.9 Å². The van der Waals surface area contributed by atoms with E-state index < -0.39 is 5.60 Å². The van der Waals surface area contributed by atoms with Gasteiger partial charge in [-0.05, 0) is 41.8 Å². The zero-order valence-electron chi connectivity index (χ0n) is 14.9.